The van der Waals surface area contributed by atoms with E-state index in [-0.39, 0.29) is 11.7 Å². The van der Waals surface area contributed by atoms with Gasteiger partial charge in [-0.1, -0.05) is 28.1 Å². The molecule has 138 valence electrons. The number of hydrogen-bond acceptors (Lipinski definition) is 3. The molecule has 1 heterocycles. The summed E-state index contributed by atoms with van der Waals surface area (Å²) in [5.41, 5.74) is 2.41. The summed E-state index contributed by atoms with van der Waals surface area (Å²) < 4.78 is 19.9. The quantitative estimate of drug-likeness (QED) is 0.416. The summed E-state index contributed by atoms with van der Waals surface area (Å²) >= 11 is 3.37. The third-order valence-corrected chi connectivity index (χ3v) is 4.67. The highest BCUT2D eigenvalue weighted by Gasteiger charge is 2.17. The molecule has 0 saturated heterocycles. The molecule has 6 heteroatoms. The molecule has 0 bridgehead atoms. The van der Waals surface area contributed by atoms with Crippen molar-refractivity contribution >= 4 is 27.5 Å². The van der Waals surface area contributed by atoms with Gasteiger partial charge in [0.15, 0.2) is 5.76 Å². The van der Waals surface area contributed by atoms with Crippen LogP contribution in [0, 0.1) is 5.82 Å². The maximum absolute atomic E-state index is 13.1. The fraction of sp³-hybridized carbons (Fsp3) is 0. The molecule has 0 saturated carbocycles. The number of amides is 1. The summed E-state index contributed by atoms with van der Waals surface area (Å²) in [6.07, 6.45) is 1.56. The molecule has 0 atom stereocenters. The number of oxazole rings is 1. The second-order valence-electron chi connectivity index (χ2n) is 6.04. The van der Waals surface area contributed by atoms with E-state index >= 15 is 0 Å². The summed E-state index contributed by atoms with van der Waals surface area (Å²) in [5.74, 6) is 0.233. The molecule has 4 rings (SSSR count). The zero-order valence-corrected chi connectivity index (χ0v) is 16.1. The fourth-order valence-electron chi connectivity index (χ4n) is 2.75. The number of nitrogens with zero attached hydrogens (tertiary/aromatic N) is 1. The van der Waals surface area contributed by atoms with E-state index in [9.17, 15) is 9.18 Å². The topological polar surface area (TPSA) is 55.1 Å². The summed E-state index contributed by atoms with van der Waals surface area (Å²) in [5, 5.41) is 2.87. The third kappa shape index (κ3) is 3.87. The molecule has 0 unspecified atom stereocenters. The van der Waals surface area contributed by atoms with Crippen molar-refractivity contribution in [3.05, 3.63) is 94.8 Å². The standard InChI is InChI=1S/C22H14BrFN2O2/c23-15-7-11-17(12-8-15)26-21(27)18-3-1-2-4-19(18)22-25-13-20(28-22)14-5-9-16(24)10-6-14/h1-13H,(H,26,27). The van der Waals surface area contributed by atoms with Crippen LogP contribution in [0.4, 0.5) is 10.1 Å². The van der Waals surface area contributed by atoms with Crippen LogP contribution in [0.15, 0.2) is 87.9 Å². The molecule has 1 aromatic heterocycles. The van der Waals surface area contributed by atoms with Gasteiger partial charge in [-0.15, -0.1) is 0 Å². The largest absolute Gasteiger partial charge is 0.436 e. The lowest BCUT2D eigenvalue weighted by atomic mass is 10.1. The van der Waals surface area contributed by atoms with Gasteiger partial charge in [0, 0.05) is 21.3 Å². The predicted molar refractivity (Wildman–Crippen MR) is 109 cm³/mol. The number of aromatic nitrogens is 1. The highest BCUT2D eigenvalue weighted by molar-refractivity contribution is 9.10. The van der Waals surface area contributed by atoms with Gasteiger partial charge in [0.2, 0.25) is 5.89 Å². The highest BCUT2D eigenvalue weighted by atomic mass is 79.9. The zero-order chi connectivity index (χ0) is 19.5. The molecule has 0 aliphatic carbocycles. The average Bonchev–Trinajstić information content (AvgIpc) is 3.20. The Labute approximate surface area is 169 Å². The minimum Gasteiger partial charge on any atom is -0.436 e. The van der Waals surface area contributed by atoms with Crippen molar-refractivity contribution in [2.45, 2.75) is 0 Å². The molecule has 4 aromatic rings. The van der Waals surface area contributed by atoms with Gasteiger partial charge in [-0.3, -0.25) is 4.79 Å². The van der Waals surface area contributed by atoms with E-state index in [1.165, 1.54) is 12.1 Å². The lowest BCUT2D eigenvalue weighted by Gasteiger charge is -2.08. The van der Waals surface area contributed by atoms with Crippen molar-refractivity contribution in [1.82, 2.24) is 4.98 Å². The molecule has 4 nitrogen and oxygen atoms in total. The first-order valence-electron chi connectivity index (χ1n) is 8.48. The van der Waals surface area contributed by atoms with E-state index in [4.69, 9.17) is 4.42 Å². The Morgan fingerprint density at radius 1 is 0.964 bits per heavy atom. The summed E-state index contributed by atoms with van der Waals surface area (Å²) in [4.78, 5) is 17.1. The van der Waals surface area contributed by atoms with Crippen molar-refractivity contribution < 1.29 is 13.6 Å². The highest BCUT2D eigenvalue weighted by Crippen LogP contribution is 2.29. The van der Waals surface area contributed by atoms with E-state index < -0.39 is 0 Å². The van der Waals surface area contributed by atoms with Crippen LogP contribution in [0.2, 0.25) is 0 Å². The number of halogens is 2. The van der Waals surface area contributed by atoms with Crippen LogP contribution < -0.4 is 5.32 Å². The molecular weight excluding hydrogens is 423 g/mol. The molecule has 3 aromatic carbocycles. The summed E-state index contributed by atoms with van der Waals surface area (Å²) in [6.45, 7) is 0. The van der Waals surface area contributed by atoms with Crippen LogP contribution in [0.5, 0.6) is 0 Å². The van der Waals surface area contributed by atoms with Crippen LogP contribution in [-0.2, 0) is 0 Å². The van der Waals surface area contributed by atoms with Crippen molar-refractivity contribution in [3.63, 3.8) is 0 Å². The Balaban J connectivity index is 1.63. The van der Waals surface area contributed by atoms with E-state index in [1.54, 1.807) is 36.5 Å². The van der Waals surface area contributed by atoms with Crippen molar-refractivity contribution in [2.24, 2.45) is 0 Å². The van der Waals surface area contributed by atoms with Gasteiger partial charge in [0.05, 0.1) is 11.8 Å². The molecule has 0 radical (unpaired) electrons. The fourth-order valence-corrected chi connectivity index (χ4v) is 3.01. The summed E-state index contributed by atoms with van der Waals surface area (Å²) in [6, 6.07) is 20.4. The van der Waals surface area contributed by atoms with Crippen LogP contribution >= 0.6 is 15.9 Å². The number of rotatable bonds is 4. The van der Waals surface area contributed by atoms with Gasteiger partial charge in [0.25, 0.3) is 5.91 Å². The summed E-state index contributed by atoms with van der Waals surface area (Å²) in [7, 11) is 0. The smallest absolute Gasteiger partial charge is 0.256 e. The minimum absolute atomic E-state index is 0.264. The Kier molecular flexibility index (Phi) is 5.04. The zero-order valence-electron chi connectivity index (χ0n) is 14.5. The molecule has 0 aliphatic rings. The SMILES string of the molecule is O=C(Nc1ccc(Br)cc1)c1ccccc1-c1ncc(-c2ccc(F)cc2)o1. The first-order valence-corrected chi connectivity index (χ1v) is 9.27. The van der Waals surface area contributed by atoms with Crippen molar-refractivity contribution in [2.75, 3.05) is 5.32 Å². The van der Waals surface area contributed by atoms with E-state index in [0.29, 0.717) is 34.0 Å². The molecule has 0 spiro atoms. The molecule has 1 N–H and O–H groups in total. The van der Waals surface area contributed by atoms with Gasteiger partial charge in [-0.05, 0) is 60.7 Å². The lowest BCUT2D eigenvalue weighted by molar-refractivity contribution is 0.102. The normalized spacial score (nSPS) is 10.6. The van der Waals surface area contributed by atoms with Crippen LogP contribution in [0.1, 0.15) is 10.4 Å². The molecule has 0 aliphatic heterocycles. The lowest BCUT2D eigenvalue weighted by Crippen LogP contribution is -2.13. The van der Waals surface area contributed by atoms with Gasteiger partial charge < -0.3 is 9.73 Å². The van der Waals surface area contributed by atoms with Crippen molar-refractivity contribution in [1.29, 1.82) is 0 Å². The van der Waals surface area contributed by atoms with Crippen molar-refractivity contribution in [3.8, 4) is 22.8 Å². The van der Waals surface area contributed by atoms with Gasteiger partial charge in [-0.25, -0.2) is 9.37 Å². The number of hydrogen-bond donors (Lipinski definition) is 1. The van der Waals surface area contributed by atoms with E-state index in [1.807, 2.05) is 30.3 Å². The maximum atomic E-state index is 13.1. The molecule has 0 fully saturated rings. The number of benzene rings is 3. The van der Waals surface area contributed by atoms with Gasteiger partial charge in [-0.2, -0.15) is 0 Å². The van der Waals surface area contributed by atoms with Crippen LogP contribution in [0.25, 0.3) is 22.8 Å². The number of carbonyl (C=O) groups is 1. The monoisotopic (exact) mass is 436 g/mol. The second kappa shape index (κ2) is 7.78. The Hall–Kier alpha value is -3.25. The molecule has 1 amide bonds. The Morgan fingerprint density at radius 3 is 2.43 bits per heavy atom. The third-order valence-electron chi connectivity index (χ3n) is 4.14. The average molecular weight is 437 g/mol. The number of anilines is 1. The Morgan fingerprint density at radius 2 is 1.68 bits per heavy atom. The minimum atomic E-state index is -0.321. The Bertz CT molecular complexity index is 1120. The number of nitrogens with one attached hydrogen (secondary N) is 1. The van der Waals surface area contributed by atoms with Gasteiger partial charge in [0.1, 0.15) is 5.82 Å². The van der Waals surface area contributed by atoms with Crippen LogP contribution in [-0.4, -0.2) is 10.9 Å². The van der Waals surface area contributed by atoms with E-state index in [0.717, 1.165) is 4.47 Å². The predicted octanol–water partition coefficient (Wildman–Crippen LogP) is 6.16. The number of carbonyl (C=O) groups excluding carboxylic acids is 1. The molecule has 28 heavy (non-hydrogen) atoms. The second-order valence-corrected chi connectivity index (χ2v) is 6.96. The first-order chi connectivity index (χ1) is 13.6. The van der Waals surface area contributed by atoms with Gasteiger partial charge >= 0.3 is 0 Å². The van der Waals surface area contributed by atoms with Crippen LogP contribution in [0.3, 0.4) is 0 Å². The van der Waals surface area contributed by atoms with E-state index in [2.05, 4.69) is 26.2 Å². The maximum Gasteiger partial charge on any atom is 0.256 e. The molecular formula is C22H14BrFN2O2. The first kappa shape index (κ1) is 18.1.